The van der Waals surface area contributed by atoms with Gasteiger partial charge in [0.1, 0.15) is 0 Å². The lowest BCUT2D eigenvalue weighted by atomic mass is 10.0. The summed E-state index contributed by atoms with van der Waals surface area (Å²) in [6.07, 6.45) is 1.08. The third kappa shape index (κ3) is 3.16. The number of hydrogen-bond acceptors (Lipinski definition) is 3. The Morgan fingerprint density at radius 2 is 2.00 bits per heavy atom. The minimum atomic E-state index is -0.821. The number of benzene rings is 1. The van der Waals surface area contributed by atoms with Gasteiger partial charge in [0, 0.05) is 0 Å². The highest BCUT2D eigenvalue weighted by molar-refractivity contribution is 5.69. The summed E-state index contributed by atoms with van der Waals surface area (Å²) in [6.45, 7) is 1.64. The molecule has 0 aromatic heterocycles. The molecule has 1 unspecified atom stereocenters. The largest absolute Gasteiger partial charge is 0.504 e. The van der Waals surface area contributed by atoms with E-state index in [2.05, 4.69) is 0 Å². The molecule has 1 aromatic carbocycles. The van der Waals surface area contributed by atoms with E-state index >= 15 is 0 Å². The van der Waals surface area contributed by atoms with E-state index < -0.39 is 11.9 Å². The van der Waals surface area contributed by atoms with Crippen LogP contribution in [0.4, 0.5) is 0 Å². The Labute approximate surface area is 87.8 Å². The maximum absolute atomic E-state index is 10.6. The van der Waals surface area contributed by atoms with Gasteiger partial charge in [0.2, 0.25) is 0 Å². The van der Waals surface area contributed by atoms with Crippen molar-refractivity contribution in [3.8, 4) is 11.5 Å². The van der Waals surface area contributed by atoms with Gasteiger partial charge >= 0.3 is 5.97 Å². The molecule has 15 heavy (non-hydrogen) atoms. The molecule has 0 aliphatic rings. The van der Waals surface area contributed by atoms with Crippen LogP contribution < -0.4 is 0 Å². The third-order valence-corrected chi connectivity index (χ3v) is 2.33. The van der Waals surface area contributed by atoms with Crippen LogP contribution in [0.2, 0.25) is 0 Å². The molecule has 1 aromatic rings. The first kappa shape index (κ1) is 11.4. The van der Waals surface area contributed by atoms with Gasteiger partial charge in [-0.2, -0.15) is 0 Å². The Morgan fingerprint density at radius 3 is 2.53 bits per heavy atom. The van der Waals surface area contributed by atoms with E-state index in [1.807, 2.05) is 0 Å². The molecule has 0 amide bonds. The number of aliphatic carboxylic acids is 1. The Bertz CT molecular complexity index is 360. The van der Waals surface area contributed by atoms with E-state index in [9.17, 15) is 9.90 Å². The van der Waals surface area contributed by atoms with Gasteiger partial charge < -0.3 is 15.3 Å². The first-order valence-corrected chi connectivity index (χ1v) is 4.74. The van der Waals surface area contributed by atoms with Gasteiger partial charge in [0.15, 0.2) is 11.5 Å². The van der Waals surface area contributed by atoms with Crippen LogP contribution in [-0.4, -0.2) is 21.3 Å². The number of carboxylic acid groups (broad SMARTS) is 1. The molecule has 0 aliphatic heterocycles. The number of aryl methyl sites for hydroxylation is 1. The zero-order valence-electron chi connectivity index (χ0n) is 8.47. The third-order valence-electron chi connectivity index (χ3n) is 2.33. The van der Waals surface area contributed by atoms with Crippen LogP contribution in [0.25, 0.3) is 0 Å². The number of rotatable bonds is 4. The molecule has 0 saturated carbocycles. The quantitative estimate of drug-likeness (QED) is 0.661. The molecular weight excluding hydrogens is 196 g/mol. The summed E-state index contributed by atoms with van der Waals surface area (Å²) in [6, 6.07) is 4.52. The number of phenolic OH excluding ortho intramolecular Hbond substituents is 2. The van der Waals surface area contributed by atoms with Gasteiger partial charge in [-0.05, 0) is 30.5 Å². The number of carboxylic acids is 1. The number of aromatic hydroxyl groups is 2. The van der Waals surface area contributed by atoms with Crippen LogP contribution >= 0.6 is 0 Å². The lowest BCUT2D eigenvalue weighted by molar-refractivity contribution is -0.141. The SMILES string of the molecule is CC(CCc1ccc(O)c(O)c1)C(=O)O. The van der Waals surface area contributed by atoms with Crippen LogP contribution in [0.1, 0.15) is 18.9 Å². The smallest absolute Gasteiger partial charge is 0.306 e. The number of carbonyl (C=O) groups is 1. The minimum absolute atomic E-state index is 0.162. The molecule has 0 heterocycles. The Hall–Kier alpha value is -1.71. The van der Waals surface area contributed by atoms with E-state index in [-0.39, 0.29) is 11.5 Å². The van der Waals surface area contributed by atoms with Crippen LogP contribution in [0.15, 0.2) is 18.2 Å². The number of hydrogen-bond donors (Lipinski definition) is 3. The second kappa shape index (κ2) is 4.68. The highest BCUT2D eigenvalue weighted by atomic mass is 16.4. The summed E-state index contributed by atoms with van der Waals surface area (Å²) >= 11 is 0. The van der Waals surface area contributed by atoms with Crippen LogP contribution in [0.3, 0.4) is 0 Å². The second-order valence-electron chi connectivity index (χ2n) is 3.60. The second-order valence-corrected chi connectivity index (χ2v) is 3.60. The molecule has 1 rings (SSSR count). The maximum Gasteiger partial charge on any atom is 0.306 e. The van der Waals surface area contributed by atoms with Crippen molar-refractivity contribution in [3.63, 3.8) is 0 Å². The fourth-order valence-electron chi connectivity index (χ4n) is 1.23. The molecule has 0 bridgehead atoms. The van der Waals surface area contributed by atoms with Crippen LogP contribution in [0, 0.1) is 5.92 Å². The van der Waals surface area contributed by atoms with Crippen molar-refractivity contribution in [3.05, 3.63) is 23.8 Å². The van der Waals surface area contributed by atoms with E-state index in [1.54, 1.807) is 13.0 Å². The Kier molecular flexibility index (Phi) is 3.55. The summed E-state index contributed by atoms with van der Waals surface area (Å²) in [5.41, 5.74) is 0.818. The molecular formula is C11H14O4. The molecule has 82 valence electrons. The van der Waals surface area contributed by atoms with Crippen LogP contribution in [-0.2, 0) is 11.2 Å². The molecule has 0 spiro atoms. The highest BCUT2D eigenvalue weighted by Crippen LogP contribution is 2.25. The van der Waals surface area contributed by atoms with Crippen molar-refractivity contribution in [1.82, 2.24) is 0 Å². The maximum atomic E-state index is 10.6. The molecule has 3 N–H and O–H groups in total. The monoisotopic (exact) mass is 210 g/mol. The van der Waals surface area contributed by atoms with Crippen LogP contribution in [0.5, 0.6) is 11.5 Å². The zero-order valence-corrected chi connectivity index (χ0v) is 8.47. The molecule has 1 atom stereocenters. The normalized spacial score (nSPS) is 12.3. The summed E-state index contributed by atoms with van der Waals surface area (Å²) < 4.78 is 0. The van der Waals surface area contributed by atoms with Crippen molar-refractivity contribution < 1.29 is 20.1 Å². The van der Waals surface area contributed by atoms with E-state index in [0.717, 1.165) is 5.56 Å². The molecule has 4 heteroatoms. The lowest BCUT2D eigenvalue weighted by Gasteiger charge is -2.06. The van der Waals surface area contributed by atoms with Gasteiger partial charge in [0.05, 0.1) is 5.92 Å². The van der Waals surface area contributed by atoms with Gasteiger partial charge in [-0.15, -0.1) is 0 Å². The predicted octanol–water partition coefficient (Wildman–Crippen LogP) is 1.75. The van der Waals surface area contributed by atoms with E-state index in [0.29, 0.717) is 12.8 Å². The average molecular weight is 210 g/mol. The first-order chi connectivity index (χ1) is 7.00. The Balaban J connectivity index is 2.58. The highest BCUT2D eigenvalue weighted by Gasteiger charge is 2.10. The van der Waals surface area contributed by atoms with Crippen molar-refractivity contribution in [2.24, 2.45) is 5.92 Å². The average Bonchev–Trinajstić information content (AvgIpc) is 2.19. The van der Waals surface area contributed by atoms with Crippen molar-refractivity contribution >= 4 is 5.97 Å². The van der Waals surface area contributed by atoms with Gasteiger partial charge in [-0.1, -0.05) is 13.0 Å². The molecule has 0 aliphatic carbocycles. The van der Waals surface area contributed by atoms with Crippen molar-refractivity contribution in [2.75, 3.05) is 0 Å². The summed E-state index contributed by atoms with van der Waals surface area (Å²) in [5.74, 6) is -1.56. The molecule has 0 radical (unpaired) electrons. The zero-order chi connectivity index (χ0) is 11.4. The van der Waals surface area contributed by atoms with E-state index in [1.165, 1.54) is 12.1 Å². The molecule has 0 fully saturated rings. The Morgan fingerprint density at radius 1 is 1.33 bits per heavy atom. The standard InChI is InChI=1S/C11H14O4/c1-7(11(14)15)2-3-8-4-5-9(12)10(13)6-8/h4-7,12-13H,2-3H2,1H3,(H,14,15). The summed E-state index contributed by atoms with van der Waals surface area (Å²) in [5, 5.41) is 26.9. The van der Waals surface area contributed by atoms with Gasteiger partial charge in [-0.25, -0.2) is 0 Å². The minimum Gasteiger partial charge on any atom is -0.504 e. The predicted molar refractivity (Wildman–Crippen MR) is 54.9 cm³/mol. The van der Waals surface area contributed by atoms with E-state index in [4.69, 9.17) is 10.2 Å². The topological polar surface area (TPSA) is 77.8 Å². The summed E-state index contributed by atoms with van der Waals surface area (Å²) in [7, 11) is 0. The summed E-state index contributed by atoms with van der Waals surface area (Å²) in [4.78, 5) is 10.6. The van der Waals surface area contributed by atoms with Gasteiger partial charge in [-0.3, -0.25) is 4.79 Å². The van der Waals surface area contributed by atoms with Crippen molar-refractivity contribution in [1.29, 1.82) is 0 Å². The fourth-order valence-corrected chi connectivity index (χ4v) is 1.23. The number of phenols is 2. The fraction of sp³-hybridized carbons (Fsp3) is 0.364. The lowest BCUT2D eigenvalue weighted by Crippen LogP contribution is -2.10. The van der Waals surface area contributed by atoms with Crippen molar-refractivity contribution in [2.45, 2.75) is 19.8 Å². The molecule has 0 saturated heterocycles. The first-order valence-electron chi connectivity index (χ1n) is 4.74. The van der Waals surface area contributed by atoms with Gasteiger partial charge in [0.25, 0.3) is 0 Å². The molecule has 4 nitrogen and oxygen atoms in total.